The third-order valence-electron chi connectivity index (χ3n) is 3.43. The average Bonchev–Trinajstić information content (AvgIpc) is 2.94. The Balaban J connectivity index is 1.85. The molecule has 0 amide bonds. The van der Waals surface area contributed by atoms with Crippen LogP contribution in [0.3, 0.4) is 0 Å². The molecule has 2 aliphatic rings. The molecule has 0 radical (unpaired) electrons. The second kappa shape index (κ2) is 4.06. The van der Waals surface area contributed by atoms with Crippen LogP contribution in [-0.2, 0) is 9.84 Å². The van der Waals surface area contributed by atoms with Crippen LogP contribution in [0.5, 0.6) is 0 Å². The van der Waals surface area contributed by atoms with Gasteiger partial charge >= 0.3 is 0 Å². The van der Waals surface area contributed by atoms with E-state index in [-0.39, 0.29) is 11.8 Å². The lowest BCUT2D eigenvalue weighted by Gasteiger charge is -2.03. The van der Waals surface area contributed by atoms with Gasteiger partial charge in [-0.1, -0.05) is 5.16 Å². The van der Waals surface area contributed by atoms with Crippen LogP contribution in [0, 0.1) is 0 Å². The Morgan fingerprint density at radius 3 is 2.82 bits per heavy atom. The molecule has 0 aliphatic carbocycles. The fourth-order valence-electron chi connectivity index (χ4n) is 2.50. The van der Waals surface area contributed by atoms with Crippen LogP contribution in [0.15, 0.2) is 4.52 Å². The molecule has 1 aromatic heterocycles. The minimum atomic E-state index is -3.06. The summed E-state index contributed by atoms with van der Waals surface area (Å²) < 4.78 is 28.7. The molecule has 2 fully saturated rings. The summed E-state index contributed by atoms with van der Waals surface area (Å²) in [6, 6.07) is 0.0976. The van der Waals surface area contributed by atoms with Crippen LogP contribution in [0.25, 0.3) is 0 Å². The van der Waals surface area contributed by atoms with Gasteiger partial charge in [-0.25, -0.2) is 8.42 Å². The predicted octanol–water partition coefficient (Wildman–Crippen LogP) is 0.744. The molecule has 1 aromatic rings. The topological polar surface area (TPSA) is 85.1 Å². The summed E-state index contributed by atoms with van der Waals surface area (Å²) >= 11 is 0. The SMILES string of the molecule is O=S1(=O)CCCC1c1noc(C2CCCN2)n1. The Kier molecular flexibility index (Phi) is 2.67. The standard InChI is InChI=1S/C10H15N3O3S/c14-17(15)6-2-4-8(17)9-12-10(16-13-9)7-3-1-5-11-7/h7-8,11H,1-6H2. The van der Waals surface area contributed by atoms with E-state index in [0.717, 1.165) is 19.4 Å². The van der Waals surface area contributed by atoms with Crippen LogP contribution in [0.4, 0.5) is 0 Å². The van der Waals surface area contributed by atoms with Gasteiger partial charge in [-0.05, 0) is 32.2 Å². The van der Waals surface area contributed by atoms with Gasteiger partial charge in [0.25, 0.3) is 0 Å². The number of hydrogen-bond donors (Lipinski definition) is 1. The minimum absolute atomic E-state index is 0.0976. The lowest BCUT2D eigenvalue weighted by atomic mass is 10.2. The van der Waals surface area contributed by atoms with Gasteiger partial charge in [0, 0.05) is 0 Å². The monoisotopic (exact) mass is 257 g/mol. The van der Waals surface area contributed by atoms with Gasteiger partial charge in [-0.3, -0.25) is 0 Å². The Bertz CT molecular complexity index is 505. The van der Waals surface area contributed by atoms with Crippen molar-refractivity contribution in [1.82, 2.24) is 15.5 Å². The van der Waals surface area contributed by atoms with E-state index in [9.17, 15) is 8.42 Å². The van der Waals surface area contributed by atoms with Gasteiger partial charge in [-0.15, -0.1) is 0 Å². The van der Waals surface area contributed by atoms with Crippen LogP contribution in [0.2, 0.25) is 0 Å². The molecule has 0 aromatic carbocycles. The molecule has 6 nitrogen and oxygen atoms in total. The summed E-state index contributed by atoms with van der Waals surface area (Å²) in [7, 11) is -3.06. The summed E-state index contributed by atoms with van der Waals surface area (Å²) in [5.74, 6) is 1.11. The van der Waals surface area contributed by atoms with Gasteiger partial charge in [0.1, 0.15) is 5.25 Å². The molecule has 0 spiro atoms. The van der Waals surface area contributed by atoms with Gasteiger partial charge in [0.05, 0.1) is 11.8 Å². The molecule has 2 atom stereocenters. The number of aromatic nitrogens is 2. The van der Waals surface area contributed by atoms with E-state index >= 15 is 0 Å². The number of nitrogens with one attached hydrogen (secondary N) is 1. The van der Waals surface area contributed by atoms with E-state index in [1.807, 2.05) is 0 Å². The zero-order valence-corrected chi connectivity index (χ0v) is 10.2. The Labute approximate surface area is 99.7 Å². The zero-order chi connectivity index (χ0) is 11.9. The zero-order valence-electron chi connectivity index (χ0n) is 9.42. The lowest BCUT2D eigenvalue weighted by molar-refractivity contribution is 0.340. The van der Waals surface area contributed by atoms with E-state index in [0.29, 0.717) is 24.6 Å². The maximum atomic E-state index is 11.8. The quantitative estimate of drug-likeness (QED) is 0.841. The first kappa shape index (κ1) is 11.2. The molecule has 7 heteroatoms. The summed E-state index contributed by atoms with van der Waals surface area (Å²) in [5, 5.41) is 6.53. The van der Waals surface area contributed by atoms with Crippen molar-refractivity contribution in [3.05, 3.63) is 11.7 Å². The van der Waals surface area contributed by atoms with Crippen molar-refractivity contribution in [2.24, 2.45) is 0 Å². The van der Waals surface area contributed by atoms with Crippen LogP contribution in [-0.4, -0.2) is 30.9 Å². The highest BCUT2D eigenvalue weighted by molar-refractivity contribution is 7.91. The fourth-order valence-corrected chi connectivity index (χ4v) is 4.29. The summed E-state index contributed by atoms with van der Waals surface area (Å²) in [5.41, 5.74) is 0. The maximum absolute atomic E-state index is 11.8. The smallest absolute Gasteiger partial charge is 0.243 e. The van der Waals surface area contributed by atoms with Crippen molar-refractivity contribution in [2.75, 3.05) is 12.3 Å². The molecular formula is C10H15N3O3S. The minimum Gasteiger partial charge on any atom is -0.338 e. The Morgan fingerprint density at radius 1 is 1.29 bits per heavy atom. The maximum Gasteiger partial charge on any atom is 0.243 e. The second-order valence-electron chi connectivity index (χ2n) is 4.64. The highest BCUT2D eigenvalue weighted by Crippen LogP contribution is 2.33. The Hall–Kier alpha value is -0.950. The van der Waals surface area contributed by atoms with E-state index in [1.165, 1.54) is 0 Å². The third-order valence-corrected chi connectivity index (χ3v) is 5.60. The average molecular weight is 257 g/mol. The van der Waals surface area contributed by atoms with Crippen molar-refractivity contribution in [2.45, 2.75) is 37.0 Å². The molecule has 0 bridgehead atoms. The van der Waals surface area contributed by atoms with Crippen LogP contribution < -0.4 is 5.32 Å². The van der Waals surface area contributed by atoms with E-state index in [4.69, 9.17) is 4.52 Å². The van der Waals surface area contributed by atoms with Crippen molar-refractivity contribution >= 4 is 9.84 Å². The molecule has 2 aliphatic heterocycles. The lowest BCUT2D eigenvalue weighted by Crippen LogP contribution is -2.14. The van der Waals surface area contributed by atoms with Crippen molar-refractivity contribution in [1.29, 1.82) is 0 Å². The first-order chi connectivity index (χ1) is 8.17. The molecule has 2 unspecified atom stereocenters. The number of sulfone groups is 1. The van der Waals surface area contributed by atoms with Crippen molar-refractivity contribution in [3.8, 4) is 0 Å². The number of nitrogens with zero attached hydrogens (tertiary/aromatic N) is 2. The largest absolute Gasteiger partial charge is 0.338 e. The number of hydrogen-bond acceptors (Lipinski definition) is 6. The second-order valence-corrected chi connectivity index (χ2v) is 6.94. The summed E-state index contributed by atoms with van der Waals surface area (Å²) in [6.07, 6.45) is 3.36. The number of rotatable bonds is 2. The third kappa shape index (κ3) is 1.97. The molecule has 94 valence electrons. The van der Waals surface area contributed by atoms with Crippen molar-refractivity contribution < 1.29 is 12.9 Å². The van der Waals surface area contributed by atoms with Gasteiger partial charge in [0.15, 0.2) is 15.7 Å². The first-order valence-corrected chi connectivity index (χ1v) is 7.67. The molecule has 2 saturated heterocycles. The summed E-state index contributed by atoms with van der Waals surface area (Å²) in [6.45, 7) is 0.949. The Morgan fingerprint density at radius 2 is 2.18 bits per heavy atom. The molecule has 0 saturated carbocycles. The van der Waals surface area contributed by atoms with Gasteiger partial charge < -0.3 is 9.84 Å². The van der Waals surface area contributed by atoms with E-state index < -0.39 is 15.1 Å². The molecular weight excluding hydrogens is 242 g/mol. The molecule has 3 heterocycles. The molecule has 17 heavy (non-hydrogen) atoms. The fraction of sp³-hybridized carbons (Fsp3) is 0.800. The highest BCUT2D eigenvalue weighted by atomic mass is 32.2. The van der Waals surface area contributed by atoms with Gasteiger partial charge in [-0.2, -0.15) is 4.98 Å². The highest BCUT2D eigenvalue weighted by Gasteiger charge is 2.37. The van der Waals surface area contributed by atoms with Crippen LogP contribution in [0.1, 0.15) is 48.7 Å². The molecule has 3 rings (SSSR count). The normalized spacial score (nSPS) is 32.0. The van der Waals surface area contributed by atoms with Crippen molar-refractivity contribution in [3.63, 3.8) is 0 Å². The van der Waals surface area contributed by atoms with E-state index in [1.54, 1.807) is 0 Å². The predicted molar refractivity (Wildman–Crippen MR) is 60.0 cm³/mol. The summed E-state index contributed by atoms with van der Waals surface area (Å²) in [4.78, 5) is 4.25. The van der Waals surface area contributed by atoms with Gasteiger partial charge in [0.2, 0.25) is 5.89 Å². The molecule has 1 N–H and O–H groups in total. The first-order valence-electron chi connectivity index (χ1n) is 5.95. The van der Waals surface area contributed by atoms with Crippen LogP contribution >= 0.6 is 0 Å². The van der Waals surface area contributed by atoms with E-state index in [2.05, 4.69) is 15.5 Å².